The van der Waals surface area contributed by atoms with Crippen molar-refractivity contribution >= 4 is 16.7 Å². The van der Waals surface area contributed by atoms with Crippen molar-refractivity contribution in [2.45, 2.75) is 19.5 Å². The van der Waals surface area contributed by atoms with Crippen LogP contribution in [0.25, 0.3) is 11.0 Å². The summed E-state index contributed by atoms with van der Waals surface area (Å²) in [5.41, 5.74) is 5.94. The Balaban J connectivity index is 2.76. The van der Waals surface area contributed by atoms with Crippen LogP contribution in [-0.4, -0.2) is 0 Å². The fraction of sp³-hybridized carbons (Fsp3) is 0.273. The maximum absolute atomic E-state index is 13.7. The molecule has 0 saturated heterocycles. The number of alkyl halides is 1. The Hall–Kier alpha value is -1.51. The number of hydrogen-bond donors (Lipinski definition) is 1. The zero-order chi connectivity index (χ0) is 10.3. The van der Waals surface area contributed by atoms with E-state index < -0.39 is 5.67 Å². The number of halogens is 1. The predicted octanol–water partition coefficient (Wildman–Crippen LogP) is 3.22. The van der Waals surface area contributed by atoms with Crippen LogP contribution in [0, 0.1) is 0 Å². The second kappa shape index (κ2) is 2.74. The van der Waals surface area contributed by atoms with Crippen LogP contribution in [0.4, 0.5) is 10.1 Å². The Morgan fingerprint density at radius 1 is 1.36 bits per heavy atom. The van der Waals surface area contributed by atoms with Crippen LogP contribution in [0.3, 0.4) is 0 Å². The number of nitrogens with two attached hydrogens (primary N) is 1. The highest BCUT2D eigenvalue weighted by Crippen LogP contribution is 2.34. The number of para-hydroxylation sites is 1. The van der Waals surface area contributed by atoms with Gasteiger partial charge in [-0.3, -0.25) is 0 Å². The van der Waals surface area contributed by atoms with Crippen LogP contribution in [-0.2, 0) is 5.67 Å². The minimum atomic E-state index is -1.40. The van der Waals surface area contributed by atoms with Crippen LogP contribution in [0.2, 0.25) is 0 Å². The van der Waals surface area contributed by atoms with Crippen LogP contribution in [0.15, 0.2) is 28.9 Å². The van der Waals surface area contributed by atoms with Gasteiger partial charge in [0.2, 0.25) is 0 Å². The Bertz CT molecular complexity index is 468. The molecule has 0 amide bonds. The lowest BCUT2D eigenvalue weighted by atomic mass is 9.99. The lowest BCUT2D eigenvalue weighted by Gasteiger charge is -2.11. The molecule has 0 bridgehead atoms. The number of rotatable bonds is 1. The van der Waals surface area contributed by atoms with Gasteiger partial charge in [-0.2, -0.15) is 0 Å². The Morgan fingerprint density at radius 2 is 2.07 bits per heavy atom. The molecule has 0 radical (unpaired) electrons. The molecule has 2 N–H and O–H groups in total. The molecule has 0 spiro atoms. The molecule has 0 aliphatic carbocycles. The fourth-order valence-corrected chi connectivity index (χ4v) is 1.54. The quantitative estimate of drug-likeness (QED) is 0.706. The predicted molar refractivity (Wildman–Crippen MR) is 54.8 cm³/mol. The Kier molecular flexibility index (Phi) is 1.77. The van der Waals surface area contributed by atoms with E-state index in [2.05, 4.69) is 0 Å². The monoisotopic (exact) mass is 193 g/mol. The first-order valence-corrected chi connectivity index (χ1v) is 4.45. The average molecular weight is 193 g/mol. The summed E-state index contributed by atoms with van der Waals surface area (Å²) in [6.07, 6.45) is 1.43. The highest BCUT2D eigenvalue weighted by Gasteiger charge is 2.24. The van der Waals surface area contributed by atoms with E-state index in [1.165, 1.54) is 20.1 Å². The summed E-state index contributed by atoms with van der Waals surface area (Å²) in [5, 5.41) is 0.748. The van der Waals surface area contributed by atoms with Crippen molar-refractivity contribution in [2.24, 2.45) is 0 Å². The lowest BCUT2D eigenvalue weighted by molar-refractivity contribution is 0.222. The van der Waals surface area contributed by atoms with Crippen molar-refractivity contribution in [3.8, 4) is 0 Å². The first kappa shape index (κ1) is 9.06. The van der Waals surface area contributed by atoms with E-state index >= 15 is 0 Å². The van der Waals surface area contributed by atoms with Gasteiger partial charge in [0.15, 0.2) is 5.58 Å². The van der Waals surface area contributed by atoms with Crippen LogP contribution >= 0.6 is 0 Å². The van der Waals surface area contributed by atoms with Crippen LogP contribution < -0.4 is 5.73 Å². The number of benzene rings is 1. The van der Waals surface area contributed by atoms with Crippen LogP contribution in [0.1, 0.15) is 19.4 Å². The smallest absolute Gasteiger partial charge is 0.157 e. The molecule has 3 heteroatoms. The molecule has 0 saturated carbocycles. The van der Waals surface area contributed by atoms with Gasteiger partial charge in [0, 0.05) is 10.9 Å². The van der Waals surface area contributed by atoms with E-state index in [9.17, 15) is 4.39 Å². The largest absolute Gasteiger partial charge is 0.462 e. The lowest BCUT2D eigenvalue weighted by Crippen LogP contribution is -2.07. The van der Waals surface area contributed by atoms with Crippen molar-refractivity contribution in [3.63, 3.8) is 0 Å². The molecular weight excluding hydrogens is 181 g/mol. The number of anilines is 1. The molecule has 0 unspecified atom stereocenters. The van der Waals surface area contributed by atoms with Gasteiger partial charge in [0.25, 0.3) is 0 Å². The Morgan fingerprint density at radius 3 is 2.71 bits per heavy atom. The van der Waals surface area contributed by atoms with Gasteiger partial charge in [-0.25, -0.2) is 4.39 Å². The van der Waals surface area contributed by atoms with Gasteiger partial charge >= 0.3 is 0 Å². The zero-order valence-corrected chi connectivity index (χ0v) is 8.17. The highest BCUT2D eigenvalue weighted by atomic mass is 19.1. The topological polar surface area (TPSA) is 39.2 Å². The molecule has 2 aromatic rings. The number of fused-ring (bicyclic) bond motifs is 1. The first-order valence-electron chi connectivity index (χ1n) is 4.45. The molecule has 0 aliphatic rings. The SMILES string of the molecule is CC(C)(F)c1coc2c(N)cccc12. The van der Waals surface area contributed by atoms with E-state index in [1.807, 2.05) is 6.07 Å². The number of nitrogen functional groups attached to an aromatic ring is 1. The molecule has 2 nitrogen and oxygen atoms in total. The first-order chi connectivity index (χ1) is 6.50. The summed E-state index contributed by atoms with van der Waals surface area (Å²) in [4.78, 5) is 0. The zero-order valence-electron chi connectivity index (χ0n) is 8.17. The maximum Gasteiger partial charge on any atom is 0.157 e. The van der Waals surface area contributed by atoms with E-state index in [0.29, 0.717) is 16.8 Å². The molecule has 0 aliphatic heterocycles. The standard InChI is InChI=1S/C11H12FNO/c1-11(2,12)8-6-14-10-7(8)4-3-5-9(10)13/h3-6H,13H2,1-2H3. The normalized spacial score (nSPS) is 12.2. The third-order valence-electron chi connectivity index (χ3n) is 2.27. The third-order valence-corrected chi connectivity index (χ3v) is 2.27. The number of hydrogen-bond acceptors (Lipinski definition) is 2. The summed E-state index contributed by atoms with van der Waals surface area (Å²) >= 11 is 0. The van der Waals surface area contributed by atoms with Gasteiger partial charge in [0.05, 0.1) is 12.0 Å². The minimum absolute atomic E-state index is 0.540. The van der Waals surface area contributed by atoms with Crippen molar-refractivity contribution < 1.29 is 8.81 Å². The minimum Gasteiger partial charge on any atom is -0.462 e. The fourth-order valence-electron chi connectivity index (χ4n) is 1.54. The molecule has 0 atom stereocenters. The maximum atomic E-state index is 13.7. The summed E-state index contributed by atoms with van der Waals surface area (Å²) in [6, 6.07) is 5.34. The van der Waals surface area contributed by atoms with E-state index in [1.54, 1.807) is 12.1 Å². The molecule has 14 heavy (non-hydrogen) atoms. The van der Waals surface area contributed by atoms with E-state index in [0.717, 1.165) is 5.39 Å². The number of furan rings is 1. The van der Waals surface area contributed by atoms with Gasteiger partial charge in [-0.05, 0) is 19.9 Å². The molecule has 74 valence electrons. The molecular formula is C11H12FNO. The average Bonchev–Trinajstić information content (AvgIpc) is 2.47. The van der Waals surface area contributed by atoms with E-state index in [-0.39, 0.29) is 0 Å². The summed E-state index contributed by atoms with van der Waals surface area (Å²) < 4.78 is 19.0. The van der Waals surface area contributed by atoms with Crippen molar-refractivity contribution in [2.75, 3.05) is 5.73 Å². The van der Waals surface area contributed by atoms with Gasteiger partial charge < -0.3 is 10.2 Å². The van der Waals surface area contributed by atoms with Gasteiger partial charge in [-0.15, -0.1) is 0 Å². The highest BCUT2D eigenvalue weighted by molar-refractivity contribution is 5.90. The van der Waals surface area contributed by atoms with Crippen LogP contribution in [0.5, 0.6) is 0 Å². The summed E-state index contributed by atoms with van der Waals surface area (Å²) in [6.45, 7) is 3.00. The second-order valence-corrected chi connectivity index (χ2v) is 3.85. The second-order valence-electron chi connectivity index (χ2n) is 3.85. The van der Waals surface area contributed by atoms with Gasteiger partial charge in [-0.1, -0.05) is 12.1 Å². The van der Waals surface area contributed by atoms with Crippen molar-refractivity contribution in [1.82, 2.24) is 0 Å². The van der Waals surface area contributed by atoms with Crippen molar-refractivity contribution in [3.05, 3.63) is 30.0 Å². The third kappa shape index (κ3) is 1.25. The molecule has 1 heterocycles. The molecule has 1 aromatic carbocycles. The summed E-state index contributed by atoms with van der Waals surface area (Å²) in [5.74, 6) is 0. The van der Waals surface area contributed by atoms with E-state index in [4.69, 9.17) is 10.2 Å². The molecule has 1 aromatic heterocycles. The van der Waals surface area contributed by atoms with Gasteiger partial charge in [0.1, 0.15) is 5.67 Å². The Labute approximate surface area is 81.5 Å². The summed E-state index contributed by atoms with van der Waals surface area (Å²) in [7, 11) is 0. The molecule has 0 fully saturated rings. The van der Waals surface area contributed by atoms with Crippen molar-refractivity contribution in [1.29, 1.82) is 0 Å². The molecule has 2 rings (SSSR count).